The lowest BCUT2D eigenvalue weighted by Gasteiger charge is -2.38. The van der Waals surface area contributed by atoms with Gasteiger partial charge >= 0.3 is 0 Å². The Hall–Kier alpha value is -1.10. The molecule has 2 aliphatic rings. The average Bonchev–Trinajstić information content (AvgIpc) is 3.11. The third-order valence-corrected chi connectivity index (χ3v) is 5.29. The van der Waals surface area contributed by atoms with Gasteiger partial charge in [0.2, 0.25) is 5.91 Å². The summed E-state index contributed by atoms with van der Waals surface area (Å²) in [5, 5.41) is 3.82. The Kier molecular flexibility index (Phi) is 5.92. The SMILES string of the molecule is O=C(NCCc1ccccc1Cl)C1COCCN1C1CCCC1. The van der Waals surface area contributed by atoms with Gasteiger partial charge in [-0.05, 0) is 30.9 Å². The van der Waals surface area contributed by atoms with Gasteiger partial charge < -0.3 is 10.1 Å². The Bertz CT molecular complexity index is 532. The van der Waals surface area contributed by atoms with Crippen LogP contribution in [0, 0.1) is 0 Å². The standard InChI is InChI=1S/C18H25ClN2O2/c19-16-8-4-1-5-14(16)9-10-20-18(22)17-13-23-12-11-21(17)15-6-2-3-7-15/h1,4-5,8,15,17H,2-3,6-7,9-13H2,(H,20,22). The van der Waals surface area contributed by atoms with Crippen LogP contribution in [0.25, 0.3) is 0 Å². The summed E-state index contributed by atoms with van der Waals surface area (Å²) in [4.78, 5) is 14.9. The molecule has 1 N–H and O–H groups in total. The van der Waals surface area contributed by atoms with E-state index in [-0.39, 0.29) is 11.9 Å². The number of nitrogens with zero attached hydrogens (tertiary/aromatic N) is 1. The molecule has 5 heteroatoms. The molecule has 1 aliphatic carbocycles. The van der Waals surface area contributed by atoms with Gasteiger partial charge in [-0.25, -0.2) is 0 Å². The molecule has 1 heterocycles. The first kappa shape index (κ1) is 16.7. The normalized spacial score (nSPS) is 23.1. The largest absolute Gasteiger partial charge is 0.378 e. The first-order valence-electron chi connectivity index (χ1n) is 8.60. The van der Waals surface area contributed by atoms with Gasteiger partial charge in [0.05, 0.1) is 13.2 Å². The number of carbonyl (C=O) groups is 1. The summed E-state index contributed by atoms with van der Waals surface area (Å²) in [7, 11) is 0. The second-order valence-electron chi connectivity index (χ2n) is 6.40. The number of halogens is 1. The van der Waals surface area contributed by atoms with Crippen molar-refractivity contribution in [3.8, 4) is 0 Å². The van der Waals surface area contributed by atoms with Crippen LogP contribution in [0.4, 0.5) is 0 Å². The average molecular weight is 337 g/mol. The first-order chi connectivity index (χ1) is 11.3. The van der Waals surface area contributed by atoms with Gasteiger partial charge in [0.1, 0.15) is 6.04 Å². The minimum atomic E-state index is -0.141. The van der Waals surface area contributed by atoms with E-state index in [0.717, 1.165) is 30.2 Å². The molecule has 1 aromatic rings. The second kappa shape index (κ2) is 8.13. The fourth-order valence-electron chi connectivity index (χ4n) is 3.66. The van der Waals surface area contributed by atoms with Crippen LogP contribution in [0.1, 0.15) is 31.2 Å². The molecule has 1 aromatic carbocycles. The van der Waals surface area contributed by atoms with Crippen molar-refractivity contribution in [3.05, 3.63) is 34.9 Å². The molecule has 1 atom stereocenters. The molecule has 1 amide bonds. The summed E-state index contributed by atoms with van der Waals surface area (Å²) in [5.74, 6) is 0.0867. The van der Waals surface area contributed by atoms with Crippen LogP contribution < -0.4 is 5.32 Å². The van der Waals surface area contributed by atoms with Crippen LogP contribution in [-0.4, -0.2) is 49.2 Å². The fourth-order valence-corrected chi connectivity index (χ4v) is 3.89. The van der Waals surface area contributed by atoms with E-state index < -0.39 is 0 Å². The lowest BCUT2D eigenvalue weighted by Crippen LogP contribution is -2.56. The Morgan fingerprint density at radius 3 is 2.87 bits per heavy atom. The predicted octanol–water partition coefficient (Wildman–Crippen LogP) is 2.64. The van der Waals surface area contributed by atoms with E-state index in [9.17, 15) is 4.79 Å². The second-order valence-corrected chi connectivity index (χ2v) is 6.81. The van der Waals surface area contributed by atoms with Crippen LogP contribution in [0.3, 0.4) is 0 Å². The minimum absolute atomic E-state index is 0.0867. The zero-order valence-electron chi connectivity index (χ0n) is 13.5. The van der Waals surface area contributed by atoms with Crippen molar-refractivity contribution in [2.45, 2.75) is 44.2 Å². The topological polar surface area (TPSA) is 41.6 Å². The third-order valence-electron chi connectivity index (χ3n) is 4.92. The Morgan fingerprint density at radius 1 is 1.30 bits per heavy atom. The van der Waals surface area contributed by atoms with Crippen molar-refractivity contribution in [1.82, 2.24) is 10.2 Å². The van der Waals surface area contributed by atoms with Crippen molar-refractivity contribution in [2.75, 3.05) is 26.3 Å². The molecule has 0 radical (unpaired) electrons. The van der Waals surface area contributed by atoms with Crippen molar-refractivity contribution >= 4 is 17.5 Å². The lowest BCUT2D eigenvalue weighted by molar-refractivity contribution is -0.134. The highest BCUT2D eigenvalue weighted by Crippen LogP contribution is 2.26. The van der Waals surface area contributed by atoms with Crippen LogP contribution in [0.2, 0.25) is 5.02 Å². The highest BCUT2D eigenvalue weighted by molar-refractivity contribution is 6.31. The molecular weight excluding hydrogens is 312 g/mol. The summed E-state index contributed by atoms with van der Waals surface area (Å²) in [5.41, 5.74) is 1.07. The number of carbonyl (C=O) groups excluding carboxylic acids is 1. The summed E-state index contributed by atoms with van der Waals surface area (Å²) in [6, 6.07) is 8.19. The van der Waals surface area contributed by atoms with E-state index in [1.807, 2.05) is 24.3 Å². The van der Waals surface area contributed by atoms with Gasteiger partial charge in [0.15, 0.2) is 0 Å². The number of nitrogens with one attached hydrogen (secondary N) is 1. The molecule has 1 saturated carbocycles. The molecule has 23 heavy (non-hydrogen) atoms. The Labute approximate surface area is 143 Å². The van der Waals surface area contributed by atoms with Crippen LogP contribution in [-0.2, 0) is 16.0 Å². The lowest BCUT2D eigenvalue weighted by atomic mass is 10.1. The molecule has 3 rings (SSSR count). The van der Waals surface area contributed by atoms with Crippen molar-refractivity contribution in [3.63, 3.8) is 0 Å². The summed E-state index contributed by atoms with van der Waals surface area (Å²) in [6.45, 7) is 2.72. The number of hydrogen-bond acceptors (Lipinski definition) is 3. The molecule has 0 aromatic heterocycles. The molecule has 2 fully saturated rings. The molecule has 1 aliphatic heterocycles. The molecule has 0 spiro atoms. The van der Waals surface area contributed by atoms with Crippen molar-refractivity contribution in [1.29, 1.82) is 0 Å². The zero-order chi connectivity index (χ0) is 16.1. The van der Waals surface area contributed by atoms with Crippen LogP contribution in [0.15, 0.2) is 24.3 Å². The van der Waals surface area contributed by atoms with Crippen molar-refractivity contribution in [2.24, 2.45) is 0 Å². The van der Waals surface area contributed by atoms with Gasteiger partial charge in [-0.3, -0.25) is 9.69 Å². The summed E-state index contributed by atoms with van der Waals surface area (Å²) < 4.78 is 5.55. The first-order valence-corrected chi connectivity index (χ1v) is 8.98. The predicted molar refractivity (Wildman–Crippen MR) is 91.7 cm³/mol. The third kappa shape index (κ3) is 4.25. The van der Waals surface area contributed by atoms with E-state index in [4.69, 9.17) is 16.3 Å². The summed E-state index contributed by atoms with van der Waals surface area (Å²) >= 11 is 6.16. The summed E-state index contributed by atoms with van der Waals surface area (Å²) in [6.07, 6.45) is 5.74. The quantitative estimate of drug-likeness (QED) is 0.898. The molecular formula is C18H25ClN2O2. The van der Waals surface area contributed by atoms with Gasteiger partial charge in [-0.1, -0.05) is 42.6 Å². The number of benzene rings is 1. The highest BCUT2D eigenvalue weighted by Gasteiger charge is 2.35. The van der Waals surface area contributed by atoms with Gasteiger partial charge in [0, 0.05) is 24.2 Å². The zero-order valence-corrected chi connectivity index (χ0v) is 14.2. The minimum Gasteiger partial charge on any atom is -0.378 e. The van der Waals surface area contributed by atoms with Crippen LogP contribution in [0.5, 0.6) is 0 Å². The van der Waals surface area contributed by atoms with Gasteiger partial charge in [-0.2, -0.15) is 0 Å². The number of ether oxygens (including phenoxy) is 1. The van der Waals surface area contributed by atoms with E-state index in [2.05, 4.69) is 10.2 Å². The Morgan fingerprint density at radius 2 is 2.09 bits per heavy atom. The molecule has 126 valence electrons. The molecule has 4 nitrogen and oxygen atoms in total. The van der Waals surface area contributed by atoms with E-state index in [0.29, 0.717) is 19.2 Å². The highest BCUT2D eigenvalue weighted by atomic mass is 35.5. The maximum Gasteiger partial charge on any atom is 0.239 e. The number of morpholine rings is 1. The molecule has 0 bridgehead atoms. The van der Waals surface area contributed by atoms with E-state index in [1.165, 1.54) is 25.7 Å². The Balaban J connectivity index is 1.52. The van der Waals surface area contributed by atoms with Gasteiger partial charge in [0.25, 0.3) is 0 Å². The van der Waals surface area contributed by atoms with E-state index >= 15 is 0 Å². The van der Waals surface area contributed by atoms with Crippen molar-refractivity contribution < 1.29 is 9.53 Å². The monoisotopic (exact) mass is 336 g/mol. The van der Waals surface area contributed by atoms with E-state index in [1.54, 1.807) is 0 Å². The number of hydrogen-bond donors (Lipinski definition) is 1. The maximum atomic E-state index is 12.6. The van der Waals surface area contributed by atoms with Gasteiger partial charge in [-0.15, -0.1) is 0 Å². The number of amides is 1. The van der Waals surface area contributed by atoms with Crippen LogP contribution >= 0.6 is 11.6 Å². The smallest absolute Gasteiger partial charge is 0.239 e. The fraction of sp³-hybridized carbons (Fsp3) is 0.611. The maximum absolute atomic E-state index is 12.6. The molecule has 1 saturated heterocycles. The molecule has 1 unspecified atom stereocenters. The number of rotatable bonds is 5.